The van der Waals surface area contributed by atoms with Crippen LogP contribution in [0.15, 0.2) is 83.5 Å². The zero-order valence-electron chi connectivity index (χ0n) is 17.1. The summed E-state index contributed by atoms with van der Waals surface area (Å²) in [7, 11) is 0. The van der Waals surface area contributed by atoms with Gasteiger partial charge in [0.25, 0.3) is 5.91 Å². The number of hydrogen-bond acceptors (Lipinski definition) is 5. The van der Waals surface area contributed by atoms with E-state index in [1.807, 2.05) is 0 Å². The van der Waals surface area contributed by atoms with E-state index in [0.29, 0.717) is 5.56 Å². The number of halogens is 2. The van der Waals surface area contributed by atoms with E-state index in [-0.39, 0.29) is 22.5 Å². The molecular weight excluding hydrogens is 432 g/mol. The molecule has 0 aliphatic carbocycles. The van der Waals surface area contributed by atoms with Crippen LogP contribution >= 0.6 is 0 Å². The number of carbonyl (C=O) groups excluding carboxylic acids is 1. The Morgan fingerprint density at radius 3 is 2.09 bits per heavy atom. The number of nitrogens with zero attached hydrogens (tertiary/aromatic N) is 2. The third-order valence-electron chi connectivity index (χ3n) is 4.60. The van der Waals surface area contributed by atoms with Gasteiger partial charge in [-0.2, -0.15) is 4.99 Å². The number of amidine groups is 1. The maximum atomic E-state index is 14.3. The van der Waals surface area contributed by atoms with E-state index in [4.69, 9.17) is 22.4 Å². The smallest absolute Gasteiger partial charge is 0.335 e. The van der Waals surface area contributed by atoms with Crippen molar-refractivity contribution in [3.05, 3.63) is 107 Å². The first-order chi connectivity index (χ1) is 15.7. The Morgan fingerprint density at radius 1 is 0.848 bits per heavy atom. The van der Waals surface area contributed by atoms with Crippen molar-refractivity contribution in [1.29, 1.82) is 0 Å². The molecule has 3 rings (SSSR count). The van der Waals surface area contributed by atoms with Crippen LogP contribution in [0.1, 0.15) is 21.5 Å². The molecule has 0 heterocycles. The summed E-state index contributed by atoms with van der Waals surface area (Å²) < 4.78 is 28.6. The second kappa shape index (κ2) is 9.71. The molecule has 0 saturated heterocycles. The minimum atomic E-state index is -1.33. The number of rotatable bonds is 6. The van der Waals surface area contributed by atoms with Crippen molar-refractivity contribution < 1.29 is 23.5 Å². The van der Waals surface area contributed by atoms with Gasteiger partial charge in [-0.15, -0.1) is 0 Å². The number of carboxylic acids is 1. The van der Waals surface area contributed by atoms with E-state index in [2.05, 4.69) is 4.99 Å². The van der Waals surface area contributed by atoms with Gasteiger partial charge in [0.05, 0.1) is 22.5 Å². The molecule has 3 aromatic rings. The Morgan fingerprint density at radius 2 is 1.48 bits per heavy atom. The molecule has 0 unspecified atom stereocenters. The van der Waals surface area contributed by atoms with Crippen LogP contribution in [0.4, 0.5) is 14.5 Å². The zero-order chi connectivity index (χ0) is 24.1. The van der Waals surface area contributed by atoms with Crippen LogP contribution in [0.3, 0.4) is 0 Å². The molecule has 0 fully saturated rings. The average molecular weight is 451 g/mol. The van der Waals surface area contributed by atoms with Gasteiger partial charge in [-0.25, -0.2) is 19.4 Å². The second-order valence-corrected chi connectivity index (χ2v) is 6.75. The summed E-state index contributed by atoms with van der Waals surface area (Å²) in [4.78, 5) is 27.4. The van der Waals surface area contributed by atoms with E-state index in [0.717, 1.165) is 23.2 Å². The first-order valence-electron chi connectivity index (χ1n) is 9.47. The number of nitrogens with two attached hydrogens (primary N) is 3. The Balaban J connectivity index is 2.07. The zero-order valence-corrected chi connectivity index (χ0v) is 17.1. The van der Waals surface area contributed by atoms with Crippen molar-refractivity contribution in [3.63, 3.8) is 0 Å². The van der Waals surface area contributed by atoms with E-state index < -0.39 is 35.0 Å². The average Bonchev–Trinajstić information content (AvgIpc) is 2.79. The highest BCUT2D eigenvalue weighted by atomic mass is 19.1. The molecule has 0 saturated carbocycles. The van der Waals surface area contributed by atoms with Gasteiger partial charge in [0.1, 0.15) is 23.2 Å². The lowest BCUT2D eigenvalue weighted by molar-refractivity contribution is -0.114. The van der Waals surface area contributed by atoms with Gasteiger partial charge in [-0.05, 0) is 30.3 Å². The van der Waals surface area contributed by atoms with Crippen LogP contribution in [0, 0.1) is 11.6 Å². The Bertz CT molecular complexity index is 1280. The quantitative estimate of drug-likeness (QED) is 0.148. The van der Waals surface area contributed by atoms with Gasteiger partial charge in [0.15, 0.2) is 0 Å². The highest BCUT2D eigenvalue weighted by Gasteiger charge is 2.22. The number of anilines is 1. The van der Waals surface area contributed by atoms with Gasteiger partial charge < -0.3 is 16.6 Å². The summed E-state index contributed by atoms with van der Waals surface area (Å²) >= 11 is 0. The number of carbonyl (C=O) groups is 2. The predicted molar refractivity (Wildman–Crippen MR) is 120 cm³/mol. The molecule has 3 aromatic carbocycles. The molecule has 1 amide bonds. The standard InChI is InChI=1S/C23H19F2N5O3/c24-16-8-4-5-9-18(16)30(28)20(13-6-2-1-3-7-13)19(26)22(31)29-21(27)15-11-10-14(23(32)33)12-17(15)25/h1-12H,26,28H2,(H,32,33)(H2,27,29,31)/b20-19-. The number of hydrogen-bond donors (Lipinski definition) is 4. The molecule has 168 valence electrons. The molecular formula is C23H19F2N5O3. The molecule has 8 nitrogen and oxygen atoms in total. The first kappa shape index (κ1) is 23.1. The molecule has 0 atom stereocenters. The molecule has 0 bridgehead atoms. The molecule has 0 radical (unpaired) electrons. The molecule has 0 aliphatic rings. The van der Waals surface area contributed by atoms with Crippen molar-refractivity contribution in [2.45, 2.75) is 0 Å². The van der Waals surface area contributed by atoms with Gasteiger partial charge in [-0.3, -0.25) is 9.80 Å². The summed E-state index contributed by atoms with van der Waals surface area (Å²) in [5.41, 5.74) is 11.0. The third-order valence-corrected chi connectivity index (χ3v) is 4.60. The van der Waals surface area contributed by atoms with Crippen molar-refractivity contribution >= 4 is 29.1 Å². The number of amides is 1. The van der Waals surface area contributed by atoms with Crippen LogP contribution in [-0.2, 0) is 4.79 Å². The fourth-order valence-electron chi connectivity index (χ4n) is 2.97. The van der Waals surface area contributed by atoms with Crippen LogP contribution in [-0.4, -0.2) is 22.8 Å². The van der Waals surface area contributed by atoms with Gasteiger partial charge >= 0.3 is 5.97 Å². The molecule has 10 heteroatoms. The highest BCUT2D eigenvalue weighted by Crippen LogP contribution is 2.27. The maximum Gasteiger partial charge on any atom is 0.335 e. The SMILES string of the molecule is NC(=NC(=O)/C(N)=C(\c1ccccc1)N(N)c1ccccc1F)c1ccc(C(=O)O)cc1F. The van der Waals surface area contributed by atoms with Crippen LogP contribution in [0.5, 0.6) is 0 Å². The predicted octanol–water partition coefficient (Wildman–Crippen LogP) is 2.60. The fraction of sp³-hybridized carbons (Fsp3) is 0. The molecule has 0 aromatic heterocycles. The summed E-state index contributed by atoms with van der Waals surface area (Å²) in [6, 6.07) is 16.8. The number of benzene rings is 3. The number of para-hydroxylation sites is 1. The van der Waals surface area contributed by atoms with Crippen LogP contribution in [0.25, 0.3) is 5.70 Å². The number of carboxylic acid groups (broad SMARTS) is 1. The largest absolute Gasteiger partial charge is 0.478 e. The van der Waals surface area contributed by atoms with Crippen LogP contribution < -0.4 is 22.3 Å². The summed E-state index contributed by atoms with van der Waals surface area (Å²) in [5.74, 6) is 1.58. The molecule has 0 spiro atoms. The summed E-state index contributed by atoms with van der Waals surface area (Å²) in [5, 5.41) is 9.85. The van der Waals surface area contributed by atoms with Crippen molar-refractivity contribution in [2.75, 3.05) is 5.01 Å². The fourth-order valence-corrected chi connectivity index (χ4v) is 2.97. The molecule has 33 heavy (non-hydrogen) atoms. The minimum absolute atomic E-state index is 0.0519. The van der Waals surface area contributed by atoms with E-state index in [1.54, 1.807) is 36.4 Å². The van der Waals surface area contributed by atoms with Crippen molar-refractivity contribution in [1.82, 2.24) is 0 Å². The van der Waals surface area contributed by atoms with Crippen molar-refractivity contribution in [2.24, 2.45) is 22.3 Å². The normalized spacial score (nSPS) is 12.2. The van der Waals surface area contributed by atoms with Gasteiger partial charge in [-0.1, -0.05) is 42.5 Å². The van der Waals surface area contributed by atoms with Gasteiger partial charge in [0.2, 0.25) is 0 Å². The maximum absolute atomic E-state index is 14.3. The molecule has 0 aliphatic heterocycles. The van der Waals surface area contributed by atoms with Crippen LogP contribution in [0.2, 0.25) is 0 Å². The monoisotopic (exact) mass is 451 g/mol. The number of aliphatic imine (C=N–C) groups is 1. The number of hydrazine groups is 1. The summed E-state index contributed by atoms with van der Waals surface area (Å²) in [6.45, 7) is 0. The Kier molecular flexibility index (Phi) is 6.79. The van der Waals surface area contributed by atoms with E-state index in [9.17, 15) is 18.4 Å². The first-order valence-corrected chi connectivity index (χ1v) is 9.47. The third kappa shape index (κ3) is 5.02. The molecule has 7 N–H and O–H groups in total. The van der Waals surface area contributed by atoms with E-state index in [1.165, 1.54) is 18.2 Å². The number of aromatic carboxylic acids is 1. The lowest BCUT2D eigenvalue weighted by Gasteiger charge is -2.24. The highest BCUT2D eigenvalue weighted by molar-refractivity contribution is 6.11. The lowest BCUT2D eigenvalue weighted by Crippen LogP contribution is -2.34. The lowest BCUT2D eigenvalue weighted by atomic mass is 10.1. The minimum Gasteiger partial charge on any atom is -0.478 e. The topological polar surface area (TPSA) is 148 Å². The Labute approximate surface area is 187 Å². The summed E-state index contributed by atoms with van der Waals surface area (Å²) in [6.07, 6.45) is 0. The Hall–Kier alpha value is -4.57. The van der Waals surface area contributed by atoms with Gasteiger partial charge in [0, 0.05) is 5.56 Å². The van der Waals surface area contributed by atoms with Crippen molar-refractivity contribution in [3.8, 4) is 0 Å². The second-order valence-electron chi connectivity index (χ2n) is 6.75. The van der Waals surface area contributed by atoms with E-state index >= 15 is 0 Å².